The maximum Gasteiger partial charge on any atom is 0.338 e. The van der Waals surface area contributed by atoms with Crippen LogP contribution >= 0.6 is 23.2 Å². The van der Waals surface area contributed by atoms with E-state index in [1.807, 2.05) is 0 Å². The molecule has 0 bridgehead atoms. The number of nitrogens with one attached hydrogen (secondary N) is 1. The van der Waals surface area contributed by atoms with E-state index in [4.69, 9.17) is 32.7 Å². The lowest BCUT2D eigenvalue weighted by Gasteiger charge is -2.10. The summed E-state index contributed by atoms with van der Waals surface area (Å²) in [6.45, 7) is -0.606. The molecular formula is C16H12Cl2N2O6. The molecule has 2 rings (SSSR count). The van der Waals surface area contributed by atoms with Crippen molar-refractivity contribution in [3.05, 3.63) is 62.1 Å². The molecule has 0 aromatic heterocycles. The number of esters is 1. The first-order valence-electron chi connectivity index (χ1n) is 7.06. The van der Waals surface area contributed by atoms with E-state index >= 15 is 0 Å². The minimum atomic E-state index is -0.773. The minimum absolute atomic E-state index is 0.0808. The number of amides is 1. The van der Waals surface area contributed by atoms with Gasteiger partial charge in [-0.15, -0.1) is 0 Å². The molecule has 1 N–H and O–H groups in total. The number of non-ortho nitro benzene ring substituents is 1. The highest BCUT2D eigenvalue weighted by Gasteiger charge is 2.16. The van der Waals surface area contributed by atoms with Crippen LogP contribution in [-0.2, 0) is 9.53 Å². The van der Waals surface area contributed by atoms with Gasteiger partial charge in [0.05, 0.1) is 33.3 Å². The molecular weight excluding hydrogens is 387 g/mol. The average molecular weight is 399 g/mol. The lowest BCUT2D eigenvalue weighted by Crippen LogP contribution is -2.21. The predicted octanol–water partition coefficient (Wildman–Crippen LogP) is 3.71. The van der Waals surface area contributed by atoms with Crippen molar-refractivity contribution in [3.63, 3.8) is 0 Å². The van der Waals surface area contributed by atoms with Crippen LogP contribution in [0, 0.1) is 10.1 Å². The number of nitro benzene ring substituents is 1. The van der Waals surface area contributed by atoms with Gasteiger partial charge in [0.2, 0.25) is 0 Å². The number of anilines is 1. The van der Waals surface area contributed by atoms with Gasteiger partial charge in [-0.2, -0.15) is 0 Å². The topological polar surface area (TPSA) is 108 Å². The van der Waals surface area contributed by atoms with Crippen molar-refractivity contribution in [2.24, 2.45) is 0 Å². The zero-order chi connectivity index (χ0) is 19.3. The Kier molecular flexibility index (Phi) is 6.37. The molecule has 2 aromatic carbocycles. The Labute approximate surface area is 157 Å². The maximum atomic E-state index is 12.0. The number of ether oxygens (including phenoxy) is 2. The molecule has 0 radical (unpaired) electrons. The van der Waals surface area contributed by atoms with Gasteiger partial charge in [0.25, 0.3) is 11.6 Å². The van der Waals surface area contributed by atoms with Crippen LogP contribution in [0.3, 0.4) is 0 Å². The number of carbonyl (C=O) groups is 2. The second-order valence-electron chi connectivity index (χ2n) is 4.89. The molecule has 0 heterocycles. The van der Waals surface area contributed by atoms with Crippen LogP contribution in [0.4, 0.5) is 11.4 Å². The summed E-state index contributed by atoms with van der Waals surface area (Å²) in [5.41, 5.74) is -0.0219. The van der Waals surface area contributed by atoms with E-state index in [0.717, 1.165) is 6.07 Å². The summed E-state index contributed by atoms with van der Waals surface area (Å²) in [5.74, 6) is -1.25. The molecule has 1 amide bonds. The molecule has 0 atom stereocenters. The molecule has 0 fully saturated rings. The molecule has 0 spiro atoms. The third-order valence-electron chi connectivity index (χ3n) is 3.16. The van der Waals surface area contributed by atoms with E-state index < -0.39 is 23.4 Å². The monoisotopic (exact) mass is 398 g/mol. The van der Waals surface area contributed by atoms with Gasteiger partial charge < -0.3 is 14.8 Å². The zero-order valence-electron chi connectivity index (χ0n) is 13.3. The number of benzene rings is 2. The fourth-order valence-corrected chi connectivity index (χ4v) is 2.23. The summed E-state index contributed by atoms with van der Waals surface area (Å²) >= 11 is 11.6. The SMILES string of the molecule is COc1ccc([N+](=O)[O-])cc1NC(=O)COC(=O)c1ccc(Cl)c(Cl)c1. The second kappa shape index (κ2) is 8.50. The Morgan fingerprint density at radius 2 is 1.88 bits per heavy atom. The van der Waals surface area contributed by atoms with Crippen molar-refractivity contribution in [3.8, 4) is 5.75 Å². The van der Waals surface area contributed by atoms with E-state index in [2.05, 4.69) is 5.32 Å². The van der Waals surface area contributed by atoms with E-state index in [-0.39, 0.29) is 32.7 Å². The third kappa shape index (κ3) is 4.84. The van der Waals surface area contributed by atoms with E-state index in [1.165, 1.54) is 37.4 Å². The number of nitro groups is 1. The molecule has 136 valence electrons. The van der Waals surface area contributed by atoms with Gasteiger partial charge in [-0.3, -0.25) is 14.9 Å². The van der Waals surface area contributed by atoms with E-state index in [0.29, 0.717) is 0 Å². The van der Waals surface area contributed by atoms with Crippen molar-refractivity contribution in [2.45, 2.75) is 0 Å². The molecule has 0 unspecified atom stereocenters. The number of halogens is 2. The normalized spacial score (nSPS) is 10.1. The minimum Gasteiger partial charge on any atom is -0.495 e. The highest BCUT2D eigenvalue weighted by Crippen LogP contribution is 2.28. The molecule has 2 aromatic rings. The first-order chi connectivity index (χ1) is 12.3. The molecule has 0 saturated carbocycles. The van der Waals surface area contributed by atoms with Crippen LogP contribution in [0.25, 0.3) is 0 Å². The van der Waals surface area contributed by atoms with Crippen LogP contribution in [-0.4, -0.2) is 30.5 Å². The van der Waals surface area contributed by atoms with E-state index in [9.17, 15) is 19.7 Å². The Morgan fingerprint density at radius 1 is 1.15 bits per heavy atom. The summed E-state index contributed by atoms with van der Waals surface area (Å²) in [6, 6.07) is 7.85. The predicted molar refractivity (Wildman–Crippen MR) is 95.0 cm³/mol. The second-order valence-corrected chi connectivity index (χ2v) is 5.71. The van der Waals surface area contributed by atoms with Crippen molar-refractivity contribution in [2.75, 3.05) is 19.0 Å². The summed E-state index contributed by atoms with van der Waals surface area (Å²) in [7, 11) is 1.35. The van der Waals surface area contributed by atoms with Gasteiger partial charge >= 0.3 is 5.97 Å². The third-order valence-corrected chi connectivity index (χ3v) is 3.90. The van der Waals surface area contributed by atoms with Crippen molar-refractivity contribution in [1.82, 2.24) is 0 Å². The fourth-order valence-electron chi connectivity index (χ4n) is 1.93. The average Bonchev–Trinajstić information content (AvgIpc) is 2.61. The maximum absolute atomic E-state index is 12.0. The highest BCUT2D eigenvalue weighted by atomic mass is 35.5. The molecule has 26 heavy (non-hydrogen) atoms. The summed E-state index contributed by atoms with van der Waals surface area (Å²) in [6.07, 6.45) is 0. The molecule has 0 aliphatic carbocycles. The van der Waals surface area contributed by atoms with Crippen molar-refractivity contribution < 1.29 is 24.0 Å². The van der Waals surface area contributed by atoms with Gasteiger partial charge in [-0.05, 0) is 24.3 Å². The van der Waals surface area contributed by atoms with Gasteiger partial charge in [-0.25, -0.2) is 4.79 Å². The Bertz CT molecular complexity index is 872. The summed E-state index contributed by atoms with van der Waals surface area (Å²) in [5, 5.41) is 13.7. The number of methoxy groups -OCH3 is 1. The molecule has 0 aliphatic rings. The number of hydrogen-bond acceptors (Lipinski definition) is 6. The number of carbonyl (C=O) groups excluding carboxylic acids is 2. The standard InChI is InChI=1S/C16H12Cl2N2O6/c1-25-14-5-3-10(20(23)24)7-13(14)19-15(21)8-26-16(22)9-2-4-11(17)12(18)6-9/h2-7H,8H2,1H3,(H,19,21). The number of hydrogen-bond donors (Lipinski definition) is 1. The van der Waals surface area contributed by atoms with Crippen LogP contribution < -0.4 is 10.1 Å². The summed E-state index contributed by atoms with van der Waals surface area (Å²) < 4.78 is 9.91. The van der Waals surface area contributed by atoms with Crippen LogP contribution in [0.5, 0.6) is 5.75 Å². The lowest BCUT2D eigenvalue weighted by molar-refractivity contribution is -0.384. The Balaban J connectivity index is 2.02. The molecule has 8 nitrogen and oxygen atoms in total. The molecule has 0 aliphatic heterocycles. The van der Waals surface area contributed by atoms with E-state index in [1.54, 1.807) is 0 Å². The lowest BCUT2D eigenvalue weighted by atomic mass is 10.2. The van der Waals surface area contributed by atoms with Crippen LogP contribution in [0.15, 0.2) is 36.4 Å². The highest BCUT2D eigenvalue weighted by molar-refractivity contribution is 6.42. The van der Waals surface area contributed by atoms with Crippen molar-refractivity contribution >= 4 is 46.5 Å². The quantitative estimate of drug-likeness (QED) is 0.451. The zero-order valence-corrected chi connectivity index (χ0v) is 14.8. The van der Waals surface area contributed by atoms with Gasteiger partial charge in [-0.1, -0.05) is 23.2 Å². The molecule has 0 saturated heterocycles. The smallest absolute Gasteiger partial charge is 0.338 e. The van der Waals surface area contributed by atoms with Gasteiger partial charge in [0.15, 0.2) is 6.61 Å². The van der Waals surface area contributed by atoms with Crippen molar-refractivity contribution in [1.29, 1.82) is 0 Å². The van der Waals surface area contributed by atoms with Gasteiger partial charge in [0, 0.05) is 12.1 Å². The van der Waals surface area contributed by atoms with Gasteiger partial charge in [0.1, 0.15) is 5.75 Å². The summed E-state index contributed by atoms with van der Waals surface area (Å²) in [4.78, 5) is 34.1. The Morgan fingerprint density at radius 3 is 2.50 bits per heavy atom. The number of rotatable bonds is 6. The molecule has 10 heteroatoms. The van der Waals surface area contributed by atoms with Crippen LogP contribution in [0.1, 0.15) is 10.4 Å². The Hall–Kier alpha value is -2.84. The first-order valence-corrected chi connectivity index (χ1v) is 7.82. The fraction of sp³-hybridized carbons (Fsp3) is 0.125. The number of nitrogens with zero attached hydrogens (tertiary/aromatic N) is 1. The van der Waals surface area contributed by atoms with Crippen LogP contribution in [0.2, 0.25) is 10.0 Å². The largest absolute Gasteiger partial charge is 0.495 e. The first kappa shape index (κ1) is 19.5.